The number of carbonyl (C=O) groups is 1. The highest BCUT2D eigenvalue weighted by Gasteiger charge is 2.19. The lowest BCUT2D eigenvalue weighted by molar-refractivity contribution is -0.132. The van der Waals surface area contributed by atoms with Gasteiger partial charge in [-0.3, -0.25) is 4.79 Å². The molecule has 1 amide bonds. The van der Waals surface area contributed by atoms with Gasteiger partial charge in [-0.15, -0.1) is 0 Å². The summed E-state index contributed by atoms with van der Waals surface area (Å²) >= 11 is 0. The summed E-state index contributed by atoms with van der Waals surface area (Å²) in [4.78, 5) is 20.5. The van der Waals surface area contributed by atoms with Crippen LogP contribution < -0.4 is 0 Å². The van der Waals surface area contributed by atoms with Crippen LogP contribution in [-0.2, 0) is 17.6 Å². The number of rotatable bonds is 5. The van der Waals surface area contributed by atoms with E-state index >= 15 is 0 Å². The average molecular weight is 266 g/mol. The van der Waals surface area contributed by atoms with Crippen molar-refractivity contribution < 1.29 is 9.32 Å². The molecule has 0 atom stereocenters. The van der Waals surface area contributed by atoms with Crippen molar-refractivity contribution in [2.24, 2.45) is 0 Å². The van der Waals surface area contributed by atoms with Crippen molar-refractivity contribution in [2.45, 2.75) is 32.6 Å². The first-order valence-electron chi connectivity index (χ1n) is 6.97. The molecule has 1 aromatic heterocycles. The number of hydrogen-bond donors (Lipinski definition) is 0. The Kier molecular flexibility index (Phi) is 4.90. The second kappa shape index (κ2) is 6.65. The van der Waals surface area contributed by atoms with Crippen LogP contribution >= 0.6 is 0 Å². The third-order valence-corrected chi connectivity index (χ3v) is 3.39. The Morgan fingerprint density at radius 2 is 2.00 bits per heavy atom. The first-order valence-corrected chi connectivity index (χ1v) is 6.97. The van der Waals surface area contributed by atoms with E-state index in [-0.39, 0.29) is 5.91 Å². The molecule has 0 saturated carbocycles. The molecule has 6 heteroatoms. The van der Waals surface area contributed by atoms with E-state index in [1.54, 1.807) is 0 Å². The molecule has 0 radical (unpaired) electrons. The Morgan fingerprint density at radius 1 is 1.26 bits per heavy atom. The second-order valence-corrected chi connectivity index (χ2v) is 5.04. The van der Waals surface area contributed by atoms with Gasteiger partial charge in [-0.05, 0) is 13.5 Å². The Morgan fingerprint density at radius 3 is 2.68 bits per heavy atom. The molecular weight excluding hydrogens is 244 g/mol. The lowest BCUT2D eigenvalue weighted by atomic mass is 10.2. The van der Waals surface area contributed by atoms with Gasteiger partial charge in [0.2, 0.25) is 11.8 Å². The van der Waals surface area contributed by atoms with Crippen LogP contribution in [0.1, 0.15) is 31.5 Å². The summed E-state index contributed by atoms with van der Waals surface area (Å²) in [6, 6.07) is 0. The molecule has 1 saturated heterocycles. The quantitative estimate of drug-likeness (QED) is 0.786. The van der Waals surface area contributed by atoms with Gasteiger partial charge in [0.25, 0.3) is 0 Å². The molecule has 0 aliphatic carbocycles. The predicted molar refractivity (Wildman–Crippen MR) is 70.7 cm³/mol. The van der Waals surface area contributed by atoms with Crippen molar-refractivity contribution in [3.05, 3.63) is 11.7 Å². The number of aromatic nitrogens is 2. The number of amides is 1. The molecular formula is C13H22N4O2. The van der Waals surface area contributed by atoms with Crippen LogP contribution in [0, 0.1) is 0 Å². The van der Waals surface area contributed by atoms with E-state index < -0.39 is 0 Å². The fourth-order valence-electron chi connectivity index (χ4n) is 2.14. The summed E-state index contributed by atoms with van der Waals surface area (Å²) < 4.78 is 5.13. The molecule has 1 aliphatic heterocycles. The lowest BCUT2D eigenvalue weighted by Crippen LogP contribution is -2.47. The van der Waals surface area contributed by atoms with Gasteiger partial charge in [0, 0.05) is 45.4 Å². The van der Waals surface area contributed by atoms with E-state index in [4.69, 9.17) is 4.52 Å². The van der Waals surface area contributed by atoms with Crippen LogP contribution in [0.25, 0.3) is 0 Å². The smallest absolute Gasteiger partial charge is 0.227 e. The molecule has 0 N–H and O–H groups in total. The van der Waals surface area contributed by atoms with Gasteiger partial charge in [-0.25, -0.2) is 0 Å². The third-order valence-electron chi connectivity index (χ3n) is 3.39. The third kappa shape index (κ3) is 4.02. The fraction of sp³-hybridized carbons (Fsp3) is 0.769. The van der Waals surface area contributed by atoms with Crippen molar-refractivity contribution in [1.29, 1.82) is 0 Å². The number of aryl methyl sites for hydroxylation is 2. The van der Waals surface area contributed by atoms with Gasteiger partial charge in [0.05, 0.1) is 0 Å². The van der Waals surface area contributed by atoms with Crippen molar-refractivity contribution in [3.63, 3.8) is 0 Å². The summed E-state index contributed by atoms with van der Waals surface area (Å²) in [6.07, 6.45) is 2.83. The van der Waals surface area contributed by atoms with Crippen molar-refractivity contribution >= 4 is 5.91 Å². The minimum Gasteiger partial charge on any atom is -0.340 e. The summed E-state index contributed by atoms with van der Waals surface area (Å²) in [5.74, 6) is 1.50. The van der Waals surface area contributed by atoms with E-state index in [0.29, 0.717) is 18.7 Å². The van der Waals surface area contributed by atoms with Crippen molar-refractivity contribution in [1.82, 2.24) is 19.9 Å². The lowest BCUT2D eigenvalue weighted by Gasteiger charge is -2.32. The molecule has 19 heavy (non-hydrogen) atoms. The van der Waals surface area contributed by atoms with E-state index in [2.05, 4.69) is 29.0 Å². The van der Waals surface area contributed by atoms with Crippen LogP contribution in [0.4, 0.5) is 0 Å². The van der Waals surface area contributed by atoms with Crippen LogP contribution in [-0.4, -0.2) is 59.1 Å². The standard InChI is InChI=1S/C13H22N4O2/c1-3-4-11-14-12(19-15-11)5-6-13(18)17-9-7-16(2)8-10-17/h3-10H2,1-2H3. The van der Waals surface area contributed by atoms with E-state index in [9.17, 15) is 4.79 Å². The Balaban J connectivity index is 1.76. The molecule has 1 fully saturated rings. The number of likely N-dealkylation sites (N-methyl/N-ethyl adjacent to an activating group) is 1. The van der Waals surface area contributed by atoms with E-state index in [1.807, 2.05) is 4.90 Å². The number of hydrogen-bond acceptors (Lipinski definition) is 5. The maximum absolute atomic E-state index is 12.0. The van der Waals surface area contributed by atoms with Gasteiger partial charge in [0.15, 0.2) is 5.82 Å². The van der Waals surface area contributed by atoms with E-state index in [0.717, 1.165) is 44.8 Å². The molecule has 106 valence electrons. The van der Waals surface area contributed by atoms with Crippen molar-refractivity contribution in [2.75, 3.05) is 33.2 Å². The highest BCUT2D eigenvalue weighted by molar-refractivity contribution is 5.76. The first-order chi connectivity index (χ1) is 9.19. The van der Waals surface area contributed by atoms with Gasteiger partial charge in [0.1, 0.15) is 0 Å². The highest BCUT2D eigenvalue weighted by atomic mass is 16.5. The molecule has 0 spiro atoms. The molecule has 0 unspecified atom stereocenters. The Labute approximate surface area is 113 Å². The molecule has 2 rings (SSSR count). The van der Waals surface area contributed by atoms with Gasteiger partial charge < -0.3 is 14.3 Å². The zero-order valence-electron chi connectivity index (χ0n) is 11.8. The van der Waals surface area contributed by atoms with Crippen molar-refractivity contribution in [3.8, 4) is 0 Å². The number of nitrogens with zero attached hydrogens (tertiary/aromatic N) is 4. The molecule has 0 bridgehead atoms. The first kappa shape index (κ1) is 14.0. The maximum atomic E-state index is 12.0. The minimum atomic E-state index is 0.184. The van der Waals surface area contributed by atoms with Crippen LogP contribution in [0.5, 0.6) is 0 Å². The Hall–Kier alpha value is -1.43. The van der Waals surface area contributed by atoms with Crippen LogP contribution in [0.2, 0.25) is 0 Å². The number of piperazine rings is 1. The monoisotopic (exact) mass is 266 g/mol. The van der Waals surface area contributed by atoms with Crippen LogP contribution in [0.3, 0.4) is 0 Å². The summed E-state index contributed by atoms with van der Waals surface area (Å²) in [6.45, 7) is 5.62. The average Bonchev–Trinajstić information content (AvgIpc) is 2.85. The zero-order chi connectivity index (χ0) is 13.7. The number of carbonyl (C=O) groups excluding carboxylic acids is 1. The fourth-order valence-corrected chi connectivity index (χ4v) is 2.14. The molecule has 6 nitrogen and oxygen atoms in total. The predicted octanol–water partition coefficient (Wildman–Crippen LogP) is 0.729. The van der Waals surface area contributed by atoms with Crippen LogP contribution in [0.15, 0.2) is 4.52 Å². The molecule has 0 aromatic carbocycles. The minimum absolute atomic E-state index is 0.184. The summed E-state index contributed by atoms with van der Waals surface area (Å²) in [5.41, 5.74) is 0. The second-order valence-electron chi connectivity index (χ2n) is 5.04. The topological polar surface area (TPSA) is 62.5 Å². The summed E-state index contributed by atoms with van der Waals surface area (Å²) in [7, 11) is 2.08. The SMILES string of the molecule is CCCc1noc(CCC(=O)N2CCN(C)CC2)n1. The van der Waals surface area contributed by atoms with E-state index in [1.165, 1.54) is 0 Å². The van der Waals surface area contributed by atoms with Gasteiger partial charge in [-0.2, -0.15) is 4.98 Å². The molecule has 1 aromatic rings. The Bertz CT molecular complexity index is 411. The highest BCUT2D eigenvalue weighted by Crippen LogP contribution is 2.07. The normalized spacial score (nSPS) is 16.8. The molecule has 1 aliphatic rings. The summed E-state index contributed by atoms with van der Waals surface area (Å²) in [5, 5.41) is 3.89. The zero-order valence-corrected chi connectivity index (χ0v) is 11.8. The molecule has 2 heterocycles. The van der Waals surface area contributed by atoms with Gasteiger partial charge >= 0.3 is 0 Å². The maximum Gasteiger partial charge on any atom is 0.227 e. The largest absolute Gasteiger partial charge is 0.340 e. The van der Waals surface area contributed by atoms with Gasteiger partial charge in [-0.1, -0.05) is 12.1 Å².